The molecule has 0 spiro atoms. The number of esters is 3. The van der Waals surface area contributed by atoms with Gasteiger partial charge in [-0.15, -0.1) is 0 Å². The van der Waals surface area contributed by atoms with Crippen LogP contribution in [0.3, 0.4) is 0 Å². The molecular weight excluding hydrogens is 710 g/mol. The predicted molar refractivity (Wildman–Crippen MR) is 133 cm³/mol. The molecule has 3 aliphatic rings. The minimum atomic E-state index is -4.40. The SMILES string of the molecule is O=C(OC1C2CC3C1OC(=O)C3C2C(=O)Oc1ccc(S(=O)(=O)O)cc1)c1c(I)cc(O)cc1I. The van der Waals surface area contributed by atoms with Gasteiger partial charge in [0.05, 0.1) is 22.3 Å². The molecule has 13 heteroatoms. The first-order valence-electron chi connectivity index (χ1n) is 10.3. The van der Waals surface area contributed by atoms with Gasteiger partial charge in [0.25, 0.3) is 10.1 Å². The van der Waals surface area contributed by atoms with E-state index in [1.165, 1.54) is 24.3 Å². The van der Waals surface area contributed by atoms with Crippen LogP contribution in [-0.2, 0) is 29.2 Å². The van der Waals surface area contributed by atoms with Crippen LogP contribution in [0.4, 0.5) is 0 Å². The third kappa shape index (κ3) is 4.29. The Morgan fingerprint density at radius 1 is 1.06 bits per heavy atom. The van der Waals surface area contributed by atoms with E-state index in [0.29, 0.717) is 13.6 Å². The van der Waals surface area contributed by atoms with Gasteiger partial charge in [0.2, 0.25) is 0 Å². The number of rotatable bonds is 5. The highest BCUT2D eigenvalue weighted by molar-refractivity contribution is 14.1. The van der Waals surface area contributed by atoms with E-state index in [1.54, 1.807) is 0 Å². The van der Waals surface area contributed by atoms with Gasteiger partial charge in [-0.3, -0.25) is 14.1 Å². The van der Waals surface area contributed by atoms with E-state index in [9.17, 15) is 27.9 Å². The Balaban J connectivity index is 1.37. The fourth-order valence-corrected chi connectivity index (χ4v) is 7.93. The molecule has 6 unspecified atom stereocenters. The smallest absolute Gasteiger partial charge is 0.340 e. The summed E-state index contributed by atoms with van der Waals surface area (Å²) in [6.45, 7) is 0. The maximum absolute atomic E-state index is 13.1. The second-order valence-corrected chi connectivity index (χ2v) is 12.3. The van der Waals surface area contributed by atoms with Crippen molar-refractivity contribution >= 4 is 73.2 Å². The van der Waals surface area contributed by atoms with Crippen LogP contribution in [-0.4, -0.2) is 48.2 Å². The number of ether oxygens (including phenoxy) is 3. The van der Waals surface area contributed by atoms with Gasteiger partial charge in [0.1, 0.15) is 23.7 Å². The number of phenolic OH excluding ortho intramolecular Hbond substituents is 1. The van der Waals surface area contributed by atoms with Crippen LogP contribution in [0.1, 0.15) is 16.8 Å². The van der Waals surface area contributed by atoms with Crippen molar-refractivity contribution in [3.8, 4) is 11.5 Å². The van der Waals surface area contributed by atoms with Gasteiger partial charge in [-0.1, -0.05) is 0 Å². The number of halogens is 2. The predicted octanol–water partition coefficient (Wildman–Crippen LogP) is 2.79. The largest absolute Gasteiger partial charge is 0.508 e. The molecular formula is C22H16I2O10S. The number of fused-ring (bicyclic) bond motifs is 1. The first-order valence-corrected chi connectivity index (χ1v) is 13.9. The van der Waals surface area contributed by atoms with Gasteiger partial charge < -0.3 is 19.3 Å². The van der Waals surface area contributed by atoms with E-state index in [0.717, 1.165) is 12.1 Å². The number of hydrogen-bond acceptors (Lipinski definition) is 9. The number of phenols is 1. The maximum Gasteiger partial charge on any atom is 0.340 e. The quantitative estimate of drug-likeness (QED) is 0.204. The van der Waals surface area contributed by atoms with Gasteiger partial charge in [0, 0.05) is 19.0 Å². The molecule has 5 rings (SSSR count). The lowest BCUT2D eigenvalue weighted by Gasteiger charge is -2.30. The zero-order valence-corrected chi connectivity index (χ0v) is 22.6. The van der Waals surface area contributed by atoms with E-state index in [1.807, 2.05) is 45.2 Å². The molecule has 10 nitrogen and oxygen atoms in total. The summed E-state index contributed by atoms with van der Waals surface area (Å²) in [4.78, 5) is 38.3. The lowest BCUT2D eigenvalue weighted by molar-refractivity contribution is -0.149. The first kappa shape index (κ1) is 24.7. The van der Waals surface area contributed by atoms with Crippen molar-refractivity contribution in [1.82, 2.24) is 0 Å². The minimum absolute atomic E-state index is 0.00951. The molecule has 6 atom stereocenters. The number of hydrogen-bond donors (Lipinski definition) is 2. The normalized spacial score (nSPS) is 28.6. The first-order chi connectivity index (χ1) is 16.5. The molecule has 3 fully saturated rings. The highest BCUT2D eigenvalue weighted by atomic mass is 127. The molecule has 35 heavy (non-hydrogen) atoms. The third-order valence-electron chi connectivity index (χ3n) is 6.63. The van der Waals surface area contributed by atoms with Gasteiger partial charge in [-0.05, 0) is 88.0 Å². The van der Waals surface area contributed by atoms with Crippen molar-refractivity contribution < 1.29 is 46.7 Å². The van der Waals surface area contributed by atoms with Crippen molar-refractivity contribution in [1.29, 1.82) is 0 Å². The van der Waals surface area contributed by atoms with Crippen LogP contribution in [0, 0.1) is 30.8 Å². The highest BCUT2D eigenvalue weighted by Gasteiger charge is 2.70. The lowest BCUT2D eigenvalue weighted by atomic mass is 9.78. The summed E-state index contributed by atoms with van der Waals surface area (Å²) in [7, 11) is -4.40. The highest BCUT2D eigenvalue weighted by Crippen LogP contribution is 2.59. The Labute approximate surface area is 226 Å². The zero-order valence-electron chi connectivity index (χ0n) is 17.5. The molecule has 1 aliphatic heterocycles. The molecule has 2 bridgehead atoms. The van der Waals surface area contributed by atoms with Gasteiger partial charge in [0.15, 0.2) is 0 Å². The molecule has 184 valence electrons. The van der Waals surface area contributed by atoms with E-state index >= 15 is 0 Å². The maximum atomic E-state index is 13.1. The minimum Gasteiger partial charge on any atom is -0.508 e. The van der Waals surface area contributed by atoms with E-state index in [-0.39, 0.29) is 27.9 Å². The molecule has 2 N–H and O–H groups in total. The summed E-state index contributed by atoms with van der Waals surface area (Å²) >= 11 is 3.84. The summed E-state index contributed by atoms with van der Waals surface area (Å²) < 4.78 is 49.2. The second-order valence-electron chi connectivity index (χ2n) is 8.54. The molecule has 0 amide bonds. The topological polar surface area (TPSA) is 153 Å². The summed E-state index contributed by atoms with van der Waals surface area (Å²) in [5.74, 6) is -4.26. The van der Waals surface area contributed by atoms with Crippen LogP contribution in [0.15, 0.2) is 41.3 Å². The van der Waals surface area contributed by atoms with Crippen LogP contribution in [0.2, 0.25) is 0 Å². The fraction of sp³-hybridized carbons (Fsp3) is 0.318. The van der Waals surface area contributed by atoms with Crippen molar-refractivity contribution in [3.63, 3.8) is 0 Å². The summed E-state index contributed by atoms with van der Waals surface area (Å²) in [6.07, 6.45) is -1.04. The molecule has 2 aromatic carbocycles. The molecule has 1 saturated heterocycles. The van der Waals surface area contributed by atoms with E-state index < -0.39 is 58.0 Å². The lowest BCUT2D eigenvalue weighted by Crippen LogP contribution is -2.44. The molecule has 2 aliphatic carbocycles. The Morgan fingerprint density at radius 2 is 1.69 bits per heavy atom. The average Bonchev–Trinajstić information content (AvgIpc) is 3.36. The zero-order chi connectivity index (χ0) is 25.2. The average molecular weight is 726 g/mol. The van der Waals surface area contributed by atoms with Gasteiger partial charge in [-0.2, -0.15) is 8.42 Å². The van der Waals surface area contributed by atoms with E-state index in [2.05, 4.69) is 0 Å². The van der Waals surface area contributed by atoms with Crippen LogP contribution >= 0.6 is 45.2 Å². The fourth-order valence-electron chi connectivity index (χ4n) is 5.27. The van der Waals surface area contributed by atoms with Crippen LogP contribution in [0.25, 0.3) is 0 Å². The number of benzene rings is 2. The van der Waals surface area contributed by atoms with Crippen molar-refractivity contribution in [2.45, 2.75) is 23.5 Å². The number of carbonyl (C=O) groups is 3. The molecule has 2 aromatic rings. The third-order valence-corrected chi connectivity index (χ3v) is 9.20. The van der Waals surface area contributed by atoms with Crippen molar-refractivity contribution in [2.75, 3.05) is 0 Å². The summed E-state index contributed by atoms with van der Waals surface area (Å²) in [5, 5.41) is 9.74. The van der Waals surface area contributed by atoms with Crippen LogP contribution in [0.5, 0.6) is 11.5 Å². The van der Waals surface area contributed by atoms with Gasteiger partial charge >= 0.3 is 17.9 Å². The standard InChI is InChI=1S/C22H16I2O10S/c23-13-5-8(25)6-14(24)17(13)22(28)34-19-11-7-12-16(21(27)33-18(12)19)15(11)20(26)32-9-1-3-10(4-2-9)35(29,30)31/h1-6,11-12,15-16,18-19,25H,7H2,(H,29,30,31). The second kappa shape index (κ2) is 8.85. The van der Waals surface area contributed by atoms with Crippen molar-refractivity contribution in [3.05, 3.63) is 49.1 Å². The Bertz CT molecular complexity index is 1330. The Hall–Kier alpha value is -1.98. The summed E-state index contributed by atoms with van der Waals surface area (Å²) in [5.41, 5.74) is 0.269. The van der Waals surface area contributed by atoms with E-state index in [4.69, 9.17) is 18.8 Å². The Morgan fingerprint density at radius 3 is 2.29 bits per heavy atom. The number of carbonyl (C=O) groups excluding carboxylic acids is 3. The molecule has 0 aromatic heterocycles. The monoisotopic (exact) mass is 726 g/mol. The molecule has 0 radical (unpaired) electrons. The summed E-state index contributed by atoms with van der Waals surface area (Å²) in [6, 6.07) is 7.47. The van der Waals surface area contributed by atoms with Gasteiger partial charge in [-0.25, -0.2) is 4.79 Å². The molecule has 1 heterocycles. The van der Waals surface area contributed by atoms with Crippen molar-refractivity contribution in [2.24, 2.45) is 23.7 Å². The Kier molecular flexibility index (Phi) is 6.24. The molecule has 2 saturated carbocycles. The number of aromatic hydroxyl groups is 1. The van der Waals surface area contributed by atoms with Crippen LogP contribution < -0.4 is 4.74 Å².